The fourth-order valence-corrected chi connectivity index (χ4v) is 4.82. The van der Waals surface area contributed by atoms with Crippen LogP contribution in [0.25, 0.3) is 5.76 Å². The van der Waals surface area contributed by atoms with Gasteiger partial charge in [-0.05, 0) is 44.0 Å². The second kappa shape index (κ2) is 8.12. The first kappa shape index (κ1) is 21.6. The zero-order valence-corrected chi connectivity index (χ0v) is 18.9. The lowest BCUT2D eigenvalue weighted by atomic mass is 9.94. The zero-order chi connectivity index (χ0) is 23.2. The number of ketones is 2. The molecule has 1 aliphatic rings. The number of pyridine rings is 1. The van der Waals surface area contributed by atoms with Crippen LogP contribution in [-0.2, 0) is 9.59 Å². The summed E-state index contributed by atoms with van der Waals surface area (Å²) in [4.78, 5) is 48.5. The van der Waals surface area contributed by atoms with Gasteiger partial charge in [-0.1, -0.05) is 35.1 Å². The van der Waals surface area contributed by atoms with E-state index in [2.05, 4.69) is 9.97 Å². The van der Waals surface area contributed by atoms with Crippen LogP contribution >= 0.6 is 11.3 Å². The predicted molar refractivity (Wildman–Crippen MR) is 122 cm³/mol. The van der Waals surface area contributed by atoms with E-state index in [1.807, 2.05) is 26.0 Å². The van der Waals surface area contributed by atoms with Gasteiger partial charge in [0.2, 0.25) is 0 Å². The lowest BCUT2D eigenvalue weighted by Crippen LogP contribution is -2.29. The summed E-state index contributed by atoms with van der Waals surface area (Å²) < 4.78 is 0. The number of aromatic nitrogens is 2. The molecule has 1 atom stereocenters. The fraction of sp³-hybridized carbons (Fsp3) is 0.208. The highest BCUT2D eigenvalue weighted by molar-refractivity contribution is 7.18. The summed E-state index contributed by atoms with van der Waals surface area (Å²) in [6.45, 7) is 6.82. The van der Waals surface area contributed by atoms with Crippen LogP contribution in [0.1, 0.15) is 50.6 Å². The van der Waals surface area contributed by atoms with Crippen LogP contribution in [0.2, 0.25) is 0 Å². The van der Waals surface area contributed by atoms with Crippen molar-refractivity contribution in [3.8, 4) is 0 Å². The third kappa shape index (κ3) is 3.52. The number of benzene rings is 1. The maximum atomic E-state index is 13.2. The van der Waals surface area contributed by atoms with Crippen LogP contribution in [0.15, 0.2) is 48.3 Å². The number of nitrogens with zero attached hydrogens (tertiary/aromatic N) is 3. The highest BCUT2D eigenvalue weighted by atomic mass is 32.1. The van der Waals surface area contributed by atoms with E-state index in [9.17, 15) is 19.5 Å². The van der Waals surface area contributed by atoms with Crippen molar-refractivity contribution in [2.75, 3.05) is 4.90 Å². The van der Waals surface area contributed by atoms with Gasteiger partial charge >= 0.3 is 5.91 Å². The highest BCUT2D eigenvalue weighted by Crippen LogP contribution is 2.44. The average molecular weight is 448 g/mol. The van der Waals surface area contributed by atoms with E-state index in [4.69, 9.17) is 0 Å². The van der Waals surface area contributed by atoms with Crippen LogP contribution in [0.4, 0.5) is 5.13 Å². The first-order valence-electron chi connectivity index (χ1n) is 9.97. The number of aliphatic hydroxyl groups is 1. The number of hydrogen-bond acceptors (Lipinski definition) is 7. The second-order valence-corrected chi connectivity index (χ2v) is 8.72. The molecule has 1 fully saturated rings. The predicted octanol–water partition coefficient (Wildman–Crippen LogP) is 4.29. The quantitative estimate of drug-likeness (QED) is 0.277. The maximum Gasteiger partial charge on any atom is 0.301 e. The average Bonchev–Trinajstić information content (AvgIpc) is 3.27. The normalized spacial score (nSPS) is 17.8. The molecule has 3 aromatic rings. The van der Waals surface area contributed by atoms with Gasteiger partial charge in [0.1, 0.15) is 5.76 Å². The maximum absolute atomic E-state index is 13.2. The van der Waals surface area contributed by atoms with Gasteiger partial charge in [0.05, 0.1) is 22.2 Å². The molecular formula is C24H21N3O4S. The Bertz CT molecular complexity index is 1290. The van der Waals surface area contributed by atoms with Gasteiger partial charge in [-0.25, -0.2) is 4.98 Å². The summed E-state index contributed by atoms with van der Waals surface area (Å²) >= 11 is 1.05. The third-order valence-corrected chi connectivity index (χ3v) is 6.66. The molecule has 3 heterocycles. The van der Waals surface area contributed by atoms with E-state index in [0.29, 0.717) is 21.7 Å². The first-order valence-corrected chi connectivity index (χ1v) is 10.8. The summed E-state index contributed by atoms with van der Waals surface area (Å²) in [5, 5.41) is 11.5. The van der Waals surface area contributed by atoms with Gasteiger partial charge in [-0.2, -0.15) is 0 Å². The minimum absolute atomic E-state index is 0.0334. The molecule has 8 heteroatoms. The van der Waals surface area contributed by atoms with Crippen LogP contribution in [0.3, 0.4) is 0 Å². The minimum atomic E-state index is -0.922. The Morgan fingerprint density at radius 1 is 1.16 bits per heavy atom. The molecule has 1 aromatic carbocycles. The SMILES string of the molecule is CC(=O)c1sc(N2C(=O)C(=O)/C(=C(\O)c3cc(C)ccc3C)C2c2cccnc2)nc1C. The Balaban J connectivity index is 1.97. The molecule has 32 heavy (non-hydrogen) atoms. The van der Waals surface area contributed by atoms with Gasteiger partial charge in [0.15, 0.2) is 10.9 Å². The van der Waals surface area contributed by atoms with Gasteiger partial charge in [0, 0.05) is 24.9 Å². The number of rotatable bonds is 4. The molecular weight excluding hydrogens is 426 g/mol. The standard InChI is InChI=1S/C24H21N3O4S/c1-12-7-8-13(2)17(10-12)20(29)18-19(16-6-5-9-25-11-16)27(23(31)21(18)30)24-26-14(3)22(32-24)15(4)28/h5-11,19,29H,1-4H3/b20-18-. The number of aryl methyl sites for hydroxylation is 3. The fourth-order valence-electron chi connectivity index (χ4n) is 3.83. The summed E-state index contributed by atoms with van der Waals surface area (Å²) in [5.41, 5.74) is 3.17. The van der Waals surface area contributed by atoms with E-state index < -0.39 is 17.7 Å². The molecule has 0 aliphatic carbocycles. The summed E-state index contributed by atoms with van der Waals surface area (Å²) in [6, 6.07) is 8.04. The van der Waals surface area contributed by atoms with Gasteiger partial charge in [-0.15, -0.1) is 0 Å². The van der Waals surface area contributed by atoms with Crippen molar-refractivity contribution in [1.82, 2.24) is 9.97 Å². The Morgan fingerprint density at radius 2 is 1.91 bits per heavy atom. The number of carbonyl (C=O) groups is 3. The van der Waals surface area contributed by atoms with Crippen LogP contribution in [-0.4, -0.2) is 32.5 Å². The van der Waals surface area contributed by atoms with E-state index in [0.717, 1.165) is 22.5 Å². The molecule has 0 spiro atoms. The number of anilines is 1. The van der Waals surface area contributed by atoms with Crippen molar-refractivity contribution < 1.29 is 19.5 Å². The van der Waals surface area contributed by atoms with E-state index in [-0.39, 0.29) is 22.2 Å². The van der Waals surface area contributed by atoms with Crippen molar-refractivity contribution in [2.45, 2.75) is 33.7 Å². The summed E-state index contributed by atoms with van der Waals surface area (Å²) in [5.74, 6) is -2.04. The molecule has 4 rings (SSSR count). The Labute approximate surface area is 189 Å². The van der Waals surface area contributed by atoms with Crippen molar-refractivity contribution in [2.24, 2.45) is 0 Å². The number of carbonyl (C=O) groups excluding carboxylic acids is 3. The minimum Gasteiger partial charge on any atom is -0.507 e. The Hall–Kier alpha value is -3.65. The lowest BCUT2D eigenvalue weighted by molar-refractivity contribution is -0.132. The highest BCUT2D eigenvalue weighted by Gasteiger charge is 2.48. The molecule has 2 aromatic heterocycles. The molecule has 1 unspecified atom stereocenters. The third-order valence-electron chi connectivity index (χ3n) is 5.40. The topological polar surface area (TPSA) is 100 Å². The number of aliphatic hydroxyl groups excluding tert-OH is 1. The summed E-state index contributed by atoms with van der Waals surface area (Å²) in [6.07, 6.45) is 3.13. The van der Waals surface area contributed by atoms with Gasteiger partial charge < -0.3 is 5.11 Å². The van der Waals surface area contributed by atoms with Crippen molar-refractivity contribution in [3.63, 3.8) is 0 Å². The second-order valence-electron chi connectivity index (χ2n) is 7.74. The Kier molecular flexibility index (Phi) is 5.48. The van der Waals surface area contributed by atoms with Crippen LogP contribution < -0.4 is 4.90 Å². The van der Waals surface area contributed by atoms with Crippen molar-refractivity contribution >= 4 is 39.7 Å². The Morgan fingerprint density at radius 3 is 2.53 bits per heavy atom. The smallest absolute Gasteiger partial charge is 0.301 e. The summed E-state index contributed by atoms with van der Waals surface area (Å²) in [7, 11) is 0. The van der Waals surface area contributed by atoms with Crippen molar-refractivity contribution in [1.29, 1.82) is 0 Å². The van der Waals surface area contributed by atoms with E-state index in [1.54, 1.807) is 37.5 Å². The molecule has 1 amide bonds. The molecule has 162 valence electrons. The van der Waals surface area contributed by atoms with E-state index >= 15 is 0 Å². The van der Waals surface area contributed by atoms with Gasteiger partial charge in [-0.3, -0.25) is 24.3 Å². The number of Topliss-reactive ketones (excluding diaryl/α,β-unsaturated/α-hetero) is 2. The number of thiazole rings is 1. The largest absolute Gasteiger partial charge is 0.507 e. The lowest BCUT2D eigenvalue weighted by Gasteiger charge is -2.22. The molecule has 1 aliphatic heterocycles. The molecule has 1 N–H and O–H groups in total. The zero-order valence-electron chi connectivity index (χ0n) is 18.0. The molecule has 0 radical (unpaired) electrons. The molecule has 0 saturated carbocycles. The molecule has 7 nitrogen and oxygen atoms in total. The molecule has 0 bridgehead atoms. The van der Waals surface area contributed by atoms with Gasteiger partial charge in [0.25, 0.3) is 5.78 Å². The van der Waals surface area contributed by atoms with E-state index in [1.165, 1.54) is 11.8 Å². The monoisotopic (exact) mass is 447 g/mol. The molecule has 1 saturated heterocycles. The first-order chi connectivity index (χ1) is 15.2. The number of amides is 1. The van der Waals surface area contributed by atoms with Crippen molar-refractivity contribution in [3.05, 3.63) is 81.1 Å². The van der Waals surface area contributed by atoms with Crippen LogP contribution in [0, 0.1) is 20.8 Å². The van der Waals surface area contributed by atoms with Crippen LogP contribution in [0.5, 0.6) is 0 Å². The number of hydrogen-bond donors (Lipinski definition) is 1.